The fourth-order valence-corrected chi connectivity index (χ4v) is 15.5. The van der Waals surface area contributed by atoms with E-state index in [9.17, 15) is 162 Å². The van der Waals surface area contributed by atoms with Crippen molar-refractivity contribution in [2.24, 2.45) is 0 Å². The van der Waals surface area contributed by atoms with E-state index in [-0.39, 0.29) is 0 Å². The lowest BCUT2D eigenvalue weighted by molar-refractivity contribution is -0.399. The summed E-state index contributed by atoms with van der Waals surface area (Å²) < 4.78 is 111. The van der Waals surface area contributed by atoms with Crippen molar-refractivity contribution < 1.29 is 252 Å². The lowest BCUT2D eigenvalue weighted by Gasteiger charge is -2.51. The molecule has 3 amide bonds. The van der Waals surface area contributed by atoms with Gasteiger partial charge in [0, 0.05) is 20.8 Å². The maximum absolute atomic E-state index is 13.1. The Bertz CT molecular complexity index is 3180. The average Bonchev–Trinajstić information content (AvgIpc) is 0.764. The number of nitrogens with one attached hydrogen (secondary N) is 3. The van der Waals surface area contributed by atoms with Gasteiger partial charge in [0.05, 0.1) is 66.1 Å². The highest BCUT2D eigenvalue weighted by Gasteiger charge is 2.62. The van der Waals surface area contributed by atoms with E-state index in [4.69, 9.17) is 90.0 Å². The largest absolute Gasteiger partial charge is 0.394 e. The molecule has 0 spiro atoms. The van der Waals surface area contributed by atoms with E-state index in [1.54, 1.807) is 0 Å². The van der Waals surface area contributed by atoms with Gasteiger partial charge in [-0.15, -0.1) is 0 Å². The number of amides is 3. The summed E-state index contributed by atoms with van der Waals surface area (Å²) in [5.74, 6) is -2.85. The zero-order valence-electron chi connectivity index (χ0n) is 63.9. The Balaban J connectivity index is 0.922. The van der Waals surface area contributed by atoms with Crippen LogP contribution >= 0.6 is 0 Å². The average molecular weight is 1760 g/mol. The van der Waals surface area contributed by atoms with Crippen LogP contribution in [-0.4, -0.2) is 539 Å². The Hall–Kier alpha value is -3.51. The van der Waals surface area contributed by atoms with Crippen LogP contribution in [0.1, 0.15) is 20.8 Å². The normalized spacial score (nSPS) is 50.4. The third-order valence-electron chi connectivity index (χ3n) is 22.1. The summed E-state index contributed by atoms with van der Waals surface area (Å²) in [4.78, 5) is 38.5. The van der Waals surface area contributed by atoms with E-state index in [0.29, 0.717) is 0 Å². The fraction of sp³-hybridized carbons (Fsp3) is 0.955. The third kappa shape index (κ3) is 21.2. The van der Waals surface area contributed by atoms with Gasteiger partial charge < -0.3 is 254 Å². The predicted octanol–water partition coefficient (Wildman–Crippen LogP) is -22.4. The quantitative estimate of drug-likeness (QED) is 0.0306. The highest BCUT2D eigenvalue weighted by molar-refractivity contribution is 5.74. The molecule has 10 rings (SSSR count). The molecular weight excluding hydrogens is 1650 g/mol. The summed E-state index contributed by atoms with van der Waals surface area (Å²) in [5, 5.41) is 328. The van der Waals surface area contributed by atoms with Crippen LogP contribution in [0, 0.1) is 0 Å². The van der Waals surface area contributed by atoms with Crippen molar-refractivity contribution >= 4 is 17.7 Å². The van der Waals surface area contributed by atoms with Crippen LogP contribution in [0.3, 0.4) is 0 Å². The monoisotopic (exact) mass is 1760 g/mol. The Kier molecular flexibility index (Phi) is 35.4. The molecule has 54 nitrogen and oxygen atoms in total. The summed E-state index contributed by atoms with van der Waals surface area (Å²) in [6, 6.07) is -5.80. The predicted molar refractivity (Wildman–Crippen MR) is 364 cm³/mol. The molecule has 0 unspecified atom stereocenters. The van der Waals surface area contributed by atoms with Crippen LogP contribution in [-0.2, 0) is 104 Å². The molecule has 0 radical (unpaired) electrons. The number of carbonyl (C=O) groups is 3. The Morgan fingerprint density at radius 1 is 0.217 bits per heavy atom. The summed E-state index contributed by atoms with van der Waals surface area (Å²) in [7, 11) is 0. The minimum Gasteiger partial charge on any atom is -0.394 e. The van der Waals surface area contributed by atoms with Crippen molar-refractivity contribution in [2.75, 3.05) is 66.1 Å². The van der Waals surface area contributed by atoms with Crippen molar-refractivity contribution in [3.8, 4) is 0 Å². The minimum absolute atomic E-state index is 0.866. The zero-order chi connectivity index (χ0) is 88.2. The Morgan fingerprint density at radius 3 is 0.792 bits per heavy atom. The van der Waals surface area contributed by atoms with E-state index < -0.39 is 391 Å². The molecule has 0 aromatic heterocycles. The number of hydrogen-bond donors (Lipinski definition) is 32. The van der Waals surface area contributed by atoms with Crippen molar-refractivity contribution in [3.63, 3.8) is 0 Å². The summed E-state index contributed by atoms with van der Waals surface area (Å²) in [6.07, 6.45) is -99.0. The number of ether oxygens (including phenoxy) is 19. The second-order valence-electron chi connectivity index (χ2n) is 30.2. The number of rotatable bonds is 31. The Morgan fingerprint density at radius 2 is 0.450 bits per heavy atom. The summed E-state index contributed by atoms with van der Waals surface area (Å²) in [5.41, 5.74) is 0. The van der Waals surface area contributed by atoms with Gasteiger partial charge in [-0.2, -0.15) is 0 Å². The van der Waals surface area contributed by atoms with E-state index in [2.05, 4.69) is 16.0 Å². The van der Waals surface area contributed by atoms with E-state index in [0.717, 1.165) is 20.8 Å². The molecule has 0 aliphatic carbocycles. The van der Waals surface area contributed by atoms with Gasteiger partial charge in [0.25, 0.3) is 0 Å². The van der Waals surface area contributed by atoms with Gasteiger partial charge in [-0.3, -0.25) is 14.4 Å². The molecule has 10 aliphatic heterocycles. The minimum atomic E-state index is -2.54. The van der Waals surface area contributed by atoms with Crippen molar-refractivity contribution in [2.45, 2.75) is 328 Å². The maximum Gasteiger partial charge on any atom is 0.217 e. The Labute approximate surface area is 678 Å². The van der Waals surface area contributed by atoms with Gasteiger partial charge in [0.2, 0.25) is 17.7 Å². The van der Waals surface area contributed by atoms with Crippen LogP contribution in [0.15, 0.2) is 0 Å². The molecule has 0 saturated carbocycles. The second kappa shape index (κ2) is 43.1. The van der Waals surface area contributed by atoms with Crippen LogP contribution in [0.25, 0.3) is 0 Å². The van der Waals surface area contributed by atoms with Crippen molar-refractivity contribution in [1.82, 2.24) is 16.0 Å². The van der Waals surface area contributed by atoms with Gasteiger partial charge in [0.1, 0.15) is 244 Å². The zero-order valence-corrected chi connectivity index (χ0v) is 63.9. The molecule has 10 heterocycles. The van der Waals surface area contributed by atoms with Crippen LogP contribution in [0.5, 0.6) is 0 Å². The molecular formula is C66H111N3O51. The molecule has 32 N–H and O–H groups in total. The highest BCUT2D eigenvalue weighted by Crippen LogP contribution is 2.41. The van der Waals surface area contributed by atoms with Crippen LogP contribution < -0.4 is 16.0 Å². The van der Waals surface area contributed by atoms with Gasteiger partial charge >= 0.3 is 0 Å². The van der Waals surface area contributed by atoms with Gasteiger partial charge in [-0.05, 0) is 0 Å². The van der Waals surface area contributed by atoms with Gasteiger partial charge in [-0.1, -0.05) is 0 Å². The number of carbonyl (C=O) groups excluding carboxylic acids is 3. The lowest BCUT2D eigenvalue weighted by Crippen LogP contribution is -2.70. The molecule has 120 heavy (non-hydrogen) atoms. The molecule has 10 fully saturated rings. The smallest absolute Gasteiger partial charge is 0.217 e. The van der Waals surface area contributed by atoms with Gasteiger partial charge in [0.15, 0.2) is 62.9 Å². The molecule has 10 aliphatic rings. The highest BCUT2D eigenvalue weighted by atomic mass is 16.8. The SMILES string of the molecule is CC(=O)N[C@@H]1[C@@H](O)[C@H](O[C@@H]2O[C@H](CO[C@H]3O[C@H](CO)[C@@H](O)[C@H](O)[C@@H]3O[C@@H]3O[C@H](CO)[C@@H](O[C@@H]4O[C@H](CO)[C@H](O)[C@H](O[C@H]5O[C@H](CO)[C@H](O)[C@H](O)[C@H]5O)[C@H]4O)[C@H](O)[C@H]3NC(C)=O)[C@@H](O)[C@H](O[C@H]3O[C@H](CO)[C@@H](O)[C@H](O)[C@@H]3O[C@@H]3O[C@H](CO)[C@@H](O[C@@H]4O[C@H](CO)[C@H](O)[C@H](O[C@H]5O[C@H](CO)[C@H](O)[C@H](O)[C@H]5O)[C@H]4O)[C@H](O)[C@H]3NC(C)=O)[C@@H]2O)[C@@H](CO)O[C@H]1O. The lowest BCUT2D eigenvalue weighted by atomic mass is 9.94. The molecule has 54 heteroatoms. The van der Waals surface area contributed by atoms with E-state index in [1.807, 2.05) is 0 Å². The van der Waals surface area contributed by atoms with Crippen LogP contribution in [0.4, 0.5) is 0 Å². The molecule has 696 valence electrons. The van der Waals surface area contributed by atoms with Crippen molar-refractivity contribution in [1.29, 1.82) is 0 Å². The third-order valence-corrected chi connectivity index (χ3v) is 22.1. The first-order valence-corrected chi connectivity index (χ1v) is 38.2. The topological polar surface area (TPSA) is 849 Å². The number of aliphatic hydroxyl groups is 29. The standard InChI is InChI=1S/C66H111N3O51/c1-14(79)67-27-37(89)49(23(10-76)103-57(27)101)113-64-48(100)54(118-66-56(43(95)33(85)20(7-73)109-66)120-59-29(69-16(3)81)39(91)51(25(12-78)111-59)115-63-47(99)53(35(87)22(9-75)107-63)117-61-45(97)41(93)31(83)18(5-71)105-61)36(88)26(112-64)13-102-65-55(42(94)32(84)19(6-72)108-65)119-58-28(68-15(2)80)38(90)50(24(11-77)110-58)114-62-46(98)52(34(86)21(8-74)106-62)116-60-44(96)40(92)30(82)17(4-70)104-60/h17-66,70-78,82-101H,4-13H2,1-3H3,(H,67,79)(H,68,80)(H,69,81)/t17-,18-,19-,20-,21-,22-,23-,24-,25-,26-,27-,28-,29-,30+,31+,32-,33-,34+,35+,36-,37-,38-,39-,40+,41+,42+,43+,44-,45-,46-,47-,48+,49-,50-,51-,52+,53+,54+,55+,56+,57-,58+,59+,60-,61-,62+,63+,64+,65+,66-/m1/s1. The second-order valence-corrected chi connectivity index (χ2v) is 30.2. The summed E-state index contributed by atoms with van der Waals surface area (Å²) >= 11 is 0. The maximum atomic E-state index is 13.1. The first-order chi connectivity index (χ1) is 56.8. The van der Waals surface area contributed by atoms with E-state index in [1.165, 1.54) is 0 Å². The summed E-state index contributed by atoms with van der Waals surface area (Å²) in [6.45, 7) is -8.30. The van der Waals surface area contributed by atoms with Crippen LogP contribution in [0.2, 0.25) is 0 Å². The van der Waals surface area contributed by atoms with Crippen molar-refractivity contribution in [3.05, 3.63) is 0 Å². The molecule has 0 bridgehead atoms. The van der Waals surface area contributed by atoms with E-state index >= 15 is 0 Å². The first kappa shape index (κ1) is 98.7. The number of aliphatic hydroxyl groups excluding tert-OH is 29. The van der Waals surface area contributed by atoms with Gasteiger partial charge in [-0.25, -0.2) is 0 Å². The molecule has 0 aromatic carbocycles. The molecule has 10 saturated heterocycles. The first-order valence-electron chi connectivity index (χ1n) is 38.2. The number of hydrogen-bond acceptors (Lipinski definition) is 51. The fourth-order valence-electron chi connectivity index (χ4n) is 15.5. The molecule has 50 atom stereocenters. The molecule has 0 aromatic rings.